The van der Waals surface area contributed by atoms with Gasteiger partial charge in [0.25, 0.3) is 0 Å². The number of allylic oxidation sites excluding steroid dienone is 6. The predicted octanol–water partition coefficient (Wildman–Crippen LogP) is 11.9. The van der Waals surface area contributed by atoms with E-state index in [1.807, 2.05) is 36.7 Å². The number of aryl methyl sites for hydroxylation is 2. The van der Waals surface area contributed by atoms with Crippen molar-refractivity contribution in [2.45, 2.75) is 20.3 Å². The lowest BCUT2D eigenvalue weighted by Crippen LogP contribution is -1.94. The van der Waals surface area contributed by atoms with E-state index in [1.54, 1.807) is 0 Å². The van der Waals surface area contributed by atoms with E-state index in [9.17, 15) is 0 Å². The molecule has 0 spiro atoms. The molecule has 1 aliphatic carbocycles. The Bertz CT molecular complexity index is 2140. The van der Waals surface area contributed by atoms with E-state index in [1.165, 1.54) is 55.7 Å². The lowest BCUT2D eigenvalue weighted by atomic mass is 9.87. The van der Waals surface area contributed by atoms with Gasteiger partial charge in [-0.05, 0) is 118 Å². The Hall–Kier alpha value is -5.12. The van der Waals surface area contributed by atoms with Crippen molar-refractivity contribution in [2.75, 3.05) is 0 Å². The molecule has 0 saturated heterocycles. The van der Waals surface area contributed by atoms with Crippen LogP contribution in [0.25, 0.3) is 55.9 Å². The first-order valence-corrected chi connectivity index (χ1v) is 16.4. The van der Waals surface area contributed by atoms with Crippen molar-refractivity contribution in [3.63, 3.8) is 0 Å². The fourth-order valence-electron chi connectivity index (χ4n) is 6.33. The van der Waals surface area contributed by atoms with E-state index in [0.717, 1.165) is 33.4 Å². The van der Waals surface area contributed by atoms with E-state index >= 15 is 0 Å². The molecule has 1 aliphatic rings. The highest BCUT2D eigenvalue weighted by Gasteiger charge is 2.17. The molecule has 0 unspecified atom stereocenters. The first-order chi connectivity index (χ1) is 22.5. The highest BCUT2D eigenvalue weighted by Crippen LogP contribution is 2.40. The average molecular weight is 658 g/mol. The maximum atomic E-state index is 4.56. The van der Waals surface area contributed by atoms with Crippen molar-refractivity contribution in [3.05, 3.63) is 179 Å². The minimum Gasteiger partial charge on any atom is -0.256 e. The molecule has 6 aromatic rings. The van der Waals surface area contributed by atoms with Gasteiger partial charge in [0.15, 0.2) is 0 Å². The molecule has 3 heteroatoms. The summed E-state index contributed by atoms with van der Waals surface area (Å²) in [5, 5.41) is 0. The number of aromatic nitrogens is 2. The minimum absolute atomic E-state index is 0.822. The van der Waals surface area contributed by atoms with Gasteiger partial charge >= 0.3 is 0 Å². The van der Waals surface area contributed by atoms with Gasteiger partial charge in [-0.1, -0.05) is 113 Å². The fraction of sp³-hybridized carbons (Fsp3) is 0.0698. The van der Waals surface area contributed by atoms with E-state index in [2.05, 4.69) is 155 Å². The van der Waals surface area contributed by atoms with Crippen LogP contribution in [-0.2, 0) is 0 Å². The van der Waals surface area contributed by atoms with Gasteiger partial charge in [0.05, 0.1) is 11.4 Å². The summed E-state index contributed by atoms with van der Waals surface area (Å²) in [5.74, 6) is 0. The van der Waals surface area contributed by atoms with Crippen molar-refractivity contribution in [3.8, 4) is 44.8 Å². The van der Waals surface area contributed by atoms with Crippen LogP contribution in [0.4, 0.5) is 0 Å². The van der Waals surface area contributed by atoms with Gasteiger partial charge in [-0.3, -0.25) is 9.97 Å². The first-order valence-electron chi connectivity index (χ1n) is 15.6. The standard InChI is InChI=1S/C43H33BrN2/c1-29-25-32(42-15-7-9-23-45-42)18-21-36(29)40-13-5-3-11-38(40)31-17-20-35(44)28-34(27-31)39-12-4-6-14-41(39)37-22-19-33(26-30(37)2)43-16-8-10-24-46-43/h3-16,18-28H,17H2,1-2H3. The third-order valence-electron chi connectivity index (χ3n) is 8.61. The monoisotopic (exact) mass is 656 g/mol. The van der Waals surface area contributed by atoms with Crippen LogP contribution in [0, 0.1) is 13.8 Å². The van der Waals surface area contributed by atoms with Crippen molar-refractivity contribution in [1.82, 2.24) is 9.97 Å². The molecular weight excluding hydrogens is 624 g/mol. The molecule has 0 saturated carbocycles. The van der Waals surface area contributed by atoms with E-state index in [4.69, 9.17) is 0 Å². The quantitative estimate of drug-likeness (QED) is 0.178. The van der Waals surface area contributed by atoms with E-state index in [0.29, 0.717) is 0 Å². The molecular formula is C43H33BrN2. The lowest BCUT2D eigenvalue weighted by molar-refractivity contribution is 1.32. The normalized spacial score (nSPS) is 13.0. The van der Waals surface area contributed by atoms with Gasteiger partial charge in [0.1, 0.15) is 0 Å². The summed E-state index contributed by atoms with van der Waals surface area (Å²) >= 11 is 3.85. The summed E-state index contributed by atoms with van der Waals surface area (Å²) in [6, 6.07) is 42.9. The van der Waals surface area contributed by atoms with Crippen molar-refractivity contribution in [1.29, 1.82) is 0 Å². The van der Waals surface area contributed by atoms with Crippen LogP contribution < -0.4 is 0 Å². The molecule has 46 heavy (non-hydrogen) atoms. The van der Waals surface area contributed by atoms with Gasteiger partial charge < -0.3 is 0 Å². The van der Waals surface area contributed by atoms with Gasteiger partial charge in [0.2, 0.25) is 0 Å². The second kappa shape index (κ2) is 13.1. The highest BCUT2D eigenvalue weighted by atomic mass is 79.9. The molecule has 0 aliphatic heterocycles. The van der Waals surface area contributed by atoms with Crippen LogP contribution in [0.3, 0.4) is 0 Å². The van der Waals surface area contributed by atoms with Crippen LogP contribution in [-0.4, -0.2) is 9.97 Å². The number of hydrogen-bond acceptors (Lipinski definition) is 2. The van der Waals surface area contributed by atoms with E-state index in [-0.39, 0.29) is 0 Å². The molecule has 2 aromatic heterocycles. The van der Waals surface area contributed by atoms with Gasteiger partial charge in [0, 0.05) is 28.0 Å². The minimum atomic E-state index is 0.822. The summed E-state index contributed by atoms with van der Waals surface area (Å²) in [7, 11) is 0. The summed E-state index contributed by atoms with van der Waals surface area (Å²) in [6.07, 6.45) is 11.4. The average Bonchev–Trinajstić information content (AvgIpc) is 3.30. The molecule has 0 N–H and O–H groups in total. The number of nitrogens with zero attached hydrogens (tertiary/aromatic N) is 2. The Kier molecular flexibility index (Phi) is 8.41. The Morgan fingerprint density at radius 1 is 0.500 bits per heavy atom. The SMILES string of the molecule is Cc1cc(-c2ccccn2)ccc1-c1ccccc1C1=CC(Br)=CCC(c2ccccc2-c2ccc(-c3ccccn3)cc2C)=C1. The Morgan fingerprint density at radius 3 is 1.52 bits per heavy atom. The molecule has 0 radical (unpaired) electrons. The number of benzene rings is 4. The van der Waals surface area contributed by atoms with Crippen molar-refractivity contribution < 1.29 is 0 Å². The number of pyridine rings is 2. The molecule has 0 bridgehead atoms. The molecule has 0 amide bonds. The maximum Gasteiger partial charge on any atom is 0.0702 e. The molecule has 4 aromatic carbocycles. The number of hydrogen-bond donors (Lipinski definition) is 0. The Labute approximate surface area is 279 Å². The van der Waals surface area contributed by atoms with Gasteiger partial charge in [-0.25, -0.2) is 0 Å². The van der Waals surface area contributed by atoms with Crippen LogP contribution >= 0.6 is 15.9 Å². The molecule has 0 fully saturated rings. The highest BCUT2D eigenvalue weighted by molar-refractivity contribution is 9.11. The van der Waals surface area contributed by atoms with Crippen molar-refractivity contribution in [2.24, 2.45) is 0 Å². The zero-order valence-corrected chi connectivity index (χ0v) is 27.5. The molecule has 2 heterocycles. The van der Waals surface area contributed by atoms with Crippen LogP contribution in [0.15, 0.2) is 156 Å². The largest absolute Gasteiger partial charge is 0.256 e. The zero-order valence-electron chi connectivity index (χ0n) is 25.9. The van der Waals surface area contributed by atoms with Crippen LogP contribution in [0.2, 0.25) is 0 Å². The topological polar surface area (TPSA) is 25.8 Å². The number of rotatable bonds is 6. The predicted molar refractivity (Wildman–Crippen MR) is 197 cm³/mol. The maximum absolute atomic E-state index is 4.56. The summed E-state index contributed by atoms with van der Waals surface area (Å²) in [5.41, 5.74) is 16.5. The van der Waals surface area contributed by atoms with Crippen LogP contribution in [0.5, 0.6) is 0 Å². The van der Waals surface area contributed by atoms with Crippen LogP contribution in [0.1, 0.15) is 28.7 Å². The smallest absolute Gasteiger partial charge is 0.0702 e. The summed E-state index contributed by atoms with van der Waals surface area (Å²) < 4.78 is 1.08. The Morgan fingerprint density at radius 2 is 1.00 bits per heavy atom. The summed E-state index contributed by atoms with van der Waals surface area (Å²) in [6.45, 7) is 4.38. The molecule has 222 valence electrons. The molecule has 2 nitrogen and oxygen atoms in total. The first kappa shape index (κ1) is 29.6. The second-order valence-corrected chi connectivity index (χ2v) is 12.6. The fourth-order valence-corrected chi connectivity index (χ4v) is 6.74. The van der Waals surface area contributed by atoms with Crippen molar-refractivity contribution >= 4 is 27.1 Å². The lowest BCUT2D eigenvalue weighted by Gasteiger charge is -2.17. The number of halogens is 1. The third kappa shape index (κ3) is 6.07. The van der Waals surface area contributed by atoms with E-state index < -0.39 is 0 Å². The molecule has 0 atom stereocenters. The zero-order chi connectivity index (χ0) is 31.5. The second-order valence-electron chi connectivity index (χ2n) is 11.6. The Balaban J connectivity index is 1.29. The molecule has 7 rings (SSSR count). The van der Waals surface area contributed by atoms with Gasteiger partial charge in [-0.2, -0.15) is 0 Å². The third-order valence-corrected chi connectivity index (χ3v) is 9.16. The summed E-state index contributed by atoms with van der Waals surface area (Å²) in [4.78, 5) is 9.12. The van der Waals surface area contributed by atoms with Gasteiger partial charge in [-0.15, -0.1) is 0 Å².